The monoisotopic (exact) mass is 253 g/mol. The predicted molar refractivity (Wildman–Crippen MR) is 82.5 cm³/mol. The Kier molecular flexibility index (Phi) is 4.75. The summed E-state index contributed by atoms with van der Waals surface area (Å²) in [5.41, 5.74) is 5.56. The summed E-state index contributed by atoms with van der Waals surface area (Å²) in [5.74, 6) is 0. The Morgan fingerprint density at radius 2 is 1.79 bits per heavy atom. The highest BCUT2D eigenvalue weighted by molar-refractivity contribution is 5.28. The van der Waals surface area contributed by atoms with E-state index in [1.807, 2.05) is 7.05 Å². The fraction of sp³-hybridized carbons (Fsp3) is 0.333. The smallest absolute Gasteiger partial charge is 0.0320 e. The maximum absolute atomic E-state index is 3.44. The highest BCUT2D eigenvalue weighted by Crippen LogP contribution is 2.21. The van der Waals surface area contributed by atoms with E-state index in [9.17, 15) is 0 Å². The Hall–Kier alpha value is -1.60. The third-order valence-electron chi connectivity index (χ3n) is 3.76. The molecule has 1 nitrogen and oxygen atoms in total. The summed E-state index contributed by atoms with van der Waals surface area (Å²) in [7, 11) is 2.05. The molecule has 100 valence electrons. The first kappa shape index (κ1) is 13.8. The molecule has 0 heterocycles. The SMILES string of the molecule is CNC(CCc1ccccc1C)c1cccc(C)c1. The molecule has 2 aromatic carbocycles. The van der Waals surface area contributed by atoms with Crippen molar-refractivity contribution in [3.05, 3.63) is 70.8 Å². The number of nitrogens with one attached hydrogen (secondary N) is 1. The highest BCUT2D eigenvalue weighted by Gasteiger charge is 2.09. The van der Waals surface area contributed by atoms with Gasteiger partial charge in [0.2, 0.25) is 0 Å². The second-order valence-electron chi connectivity index (χ2n) is 5.22. The summed E-state index contributed by atoms with van der Waals surface area (Å²) < 4.78 is 0. The van der Waals surface area contributed by atoms with Crippen LogP contribution in [0.25, 0.3) is 0 Å². The van der Waals surface area contributed by atoms with Gasteiger partial charge in [0.15, 0.2) is 0 Å². The Balaban J connectivity index is 2.06. The standard InChI is InChI=1S/C18H23N/c1-14-7-6-10-17(13-14)18(19-3)12-11-16-9-5-4-8-15(16)2/h4-10,13,18-19H,11-12H2,1-3H3. The molecule has 0 radical (unpaired) electrons. The second-order valence-corrected chi connectivity index (χ2v) is 5.22. The minimum Gasteiger partial charge on any atom is -0.313 e. The van der Waals surface area contributed by atoms with Crippen molar-refractivity contribution in [3.8, 4) is 0 Å². The molecule has 0 aliphatic heterocycles. The quantitative estimate of drug-likeness (QED) is 0.842. The highest BCUT2D eigenvalue weighted by atomic mass is 14.9. The number of benzene rings is 2. The second kappa shape index (κ2) is 6.53. The lowest BCUT2D eigenvalue weighted by Crippen LogP contribution is -2.17. The van der Waals surface area contributed by atoms with Crippen molar-refractivity contribution in [3.63, 3.8) is 0 Å². The molecule has 2 rings (SSSR count). The molecular weight excluding hydrogens is 230 g/mol. The van der Waals surface area contributed by atoms with E-state index >= 15 is 0 Å². The van der Waals surface area contributed by atoms with Crippen molar-refractivity contribution in [2.24, 2.45) is 0 Å². The summed E-state index contributed by atoms with van der Waals surface area (Å²) in [6.07, 6.45) is 2.25. The number of hydrogen-bond acceptors (Lipinski definition) is 1. The van der Waals surface area contributed by atoms with Gasteiger partial charge in [-0.3, -0.25) is 0 Å². The zero-order chi connectivity index (χ0) is 13.7. The fourth-order valence-corrected chi connectivity index (χ4v) is 2.55. The molecule has 0 aromatic heterocycles. The molecule has 0 spiro atoms. The number of rotatable bonds is 5. The summed E-state index contributed by atoms with van der Waals surface area (Å²) in [4.78, 5) is 0. The average molecular weight is 253 g/mol. The van der Waals surface area contributed by atoms with Gasteiger partial charge in [-0.1, -0.05) is 54.1 Å². The Bertz CT molecular complexity index is 531. The summed E-state index contributed by atoms with van der Waals surface area (Å²) in [6, 6.07) is 17.9. The van der Waals surface area contributed by atoms with Gasteiger partial charge in [-0.25, -0.2) is 0 Å². The number of aryl methyl sites for hydroxylation is 3. The summed E-state index contributed by atoms with van der Waals surface area (Å²) in [5, 5.41) is 3.44. The molecular formula is C18H23N. The van der Waals surface area contributed by atoms with Gasteiger partial charge in [-0.05, 0) is 50.4 Å². The van der Waals surface area contributed by atoms with Crippen LogP contribution in [0.5, 0.6) is 0 Å². The molecule has 1 unspecified atom stereocenters. The van der Waals surface area contributed by atoms with E-state index in [2.05, 4.69) is 67.7 Å². The lowest BCUT2D eigenvalue weighted by molar-refractivity contribution is 0.548. The molecule has 0 saturated heterocycles. The van der Waals surface area contributed by atoms with E-state index in [0.717, 1.165) is 12.8 Å². The normalized spacial score (nSPS) is 12.4. The van der Waals surface area contributed by atoms with Gasteiger partial charge < -0.3 is 5.32 Å². The zero-order valence-corrected chi connectivity index (χ0v) is 12.1. The van der Waals surface area contributed by atoms with E-state index in [1.165, 1.54) is 22.3 Å². The van der Waals surface area contributed by atoms with E-state index in [-0.39, 0.29) is 0 Å². The molecule has 0 saturated carbocycles. The van der Waals surface area contributed by atoms with Crippen molar-refractivity contribution in [2.75, 3.05) is 7.05 Å². The third-order valence-corrected chi connectivity index (χ3v) is 3.76. The van der Waals surface area contributed by atoms with Crippen LogP contribution in [0.1, 0.15) is 34.7 Å². The van der Waals surface area contributed by atoms with Crippen molar-refractivity contribution in [2.45, 2.75) is 32.7 Å². The molecule has 0 fully saturated rings. The maximum atomic E-state index is 3.44. The average Bonchev–Trinajstić information content (AvgIpc) is 2.41. The summed E-state index contributed by atoms with van der Waals surface area (Å²) in [6.45, 7) is 4.34. The zero-order valence-electron chi connectivity index (χ0n) is 12.1. The van der Waals surface area contributed by atoms with Gasteiger partial charge in [0.1, 0.15) is 0 Å². The van der Waals surface area contributed by atoms with E-state index in [1.54, 1.807) is 0 Å². The molecule has 0 aliphatic rings. The van der Waals surface area contributed by atoms with Gasteiger partial charge in [-0.2, -0.15) is 0 Å². The van der Waals surface area contributed by atoms with Crippen LogP contribution in [-0.2, 0) is 6.42 Å². The van der Waals surface area contributed by atoms with Crippen molar-refractivity contribution < 1.29 is 0 Å². The molecule has 1 heteroatoms. The van der Waals surface area contributed by atoms with Crippen LogP contribution in [0.2, 0.25) is 0 Å². The summed E-state index contributed by atoms with van der Waals surface area (Å²) >= 11 is 0. The minimum atomic E-state index is 0.430. The van der Waals surface area contributed by atoms with Gasteiger partial charge in [-0.15, -0.1) is 0 Å². The van der Waals surface area contributed by atoms with Crippen LogP contribution < -0.4 is 5.32 Å². The molecule has 19 heavy (non-hydrogen) atoms. The van der Waals surface area contributed by atoms with Gasteiger partial charge >= 0.3 is 0 Å². The first-order chi connectivity index (χ1) is 9.20. The molecule has 0 aliphatic carbocycles. The molecule has 0 amide bonds. The van der Waals surface area contributed by atoms with Gasteiger partial charge in [0.25, 0.3) is 0 Å². The largest absolute Gasteiger partial charge is 0.313 e. The molecule has 1 N–H and O–H groups in total. The molecule has 2 aromatic rings. The maximum Gasteiger partial charge on any atom is 0.0320 e. The lowest BCUT2D eigenvalue weighted by atomic mass is 9.96. The first-order valence-electron chi connectivity index (χ1n) is 6.99. The van der Waals surface area contributed by atoms with Crippen molar-refractivity contribution >= 4 is 0 Å². The van der Waals surface area contributed by atoms with Crippen molar-refractivity contribution in [1.29, 1.82) is 0 Å². The fourth-order valence-electron chi connectivity index (χ4n) is 2.55. The number of hydrogen-bond donors (Lipinski definition) is 1. The van der Waals surface area contributed by atoms with Gasteiger partial charge in [0.05, 0.1) is 0 Å². The Morgan fingerprint density at radius 3 is 2.47 bits per heavy atom. The van der Waals surface area contributed by atoms with Crippen LogP contribution in [-0.4, -0.2) is 7.05 Å². The topological polar surface area (TPSA) is 12.0 Å². The van der Waals surface area contributed by atoms with Gasteiger partial charge in [0, 0.05) is 6.04 Å². The van der Waals surface area contributed by atoms with Crippen molar-refractivity contribution in [1.82, 2.24) is 5.32 Å². The van der Waals surface area contributed by atoms with E-state index < -0.39 is 0 Å². The Morgan fingerprint density at radius 1 is 1.00 bits per heavy atom. The van der Waals surface area contributed by atoms with Crippen LogP contribution >= 0.6 is 0 Å². The van der Waals surface area contributed by atoms with Crippen LogP contribution in [0.3, 0.4) is 0 Å². The predicted octanol–water partition coefficient (Wildman–Crippen LogP) is 4.20. The minimum absolute atomic E-state index is 0.430. The van der Waals surface area contributed by atoms with Crippen LogP contribution in [0.15, 0.2) is 48.5 Å². The third kappa shape index (κ3) is 3.68. The molecule has 1 atom stereocenters. The van der Waals surface area contributed by atoms with Crippen LogP contribution in [0.4, 0.5) is 0 Å². The lowest BCUT2D eigenvalue weighted by Gasteiger charge is -2.17. The Labute approximate surface area is 116 Å². The van der Waals surface area contributed by atoms with E-state index in [4.69, 9.17) is 0 Å². The molecule has 0 bridgehead atoms. The van der Waals surface area contributed by atoms with E-state index in [0.29, 0.717) is 6.04 Å². The van der Waals surface area contributed by atoms with Crippen LogP contribution in [0, 0.1) is 13.8 Å². The first-order valence-corrected chi connectivity index (χ1v) is 6.99.